The van der Waals surface area contributed by atoms with Crippen LogP contribution in [0.2, 0.25) is 0 Å². The number of aliphatic hydroxyl groups is 1. The maximum Gasteiger partial charge on any atom is 0.348 e. The molecule has 0 aliphatic carbocycles. The highest BCUT2D eigenvalue weighted by atomic mass is 32.1. The molecule has 120 valence electrons. The number of likely N-dealkylation sites (tertiary alicyclic amines) is 1. The highest BCUT2D eigenvalue weighted by Gasteiger charge is 2.52. The van der Waals surface area contributed by atoms with Crippen molar-refractivity contribution in [2.45, 2.75) is 24.6 Å². The molecule has 1 aliphatic heterocycles. The fraction of sp³-hybridized carbons (Fsp3) is 0.429. The Morgan fingerprint density at radius 3 is 2.95 bits per heavy atom. The van der Waals surface area contributed by atoms with Gasteiger partial charge in [-0.3, -0.25) is 4.90 Å². The van der Waals surface area contributed by atoms with E-state index in [2.05, 4.69) is 4.74 Å². The fourth-order valence-corrected chi connectivity index (χ4v) is 3.09. The van der Waals surface area contributed by atoms with Crippen LogP contribution in [0.15, 0.2) is 18.2 Å². The minimum absolute atomic E-state index is 0.00558. The number of carbonyl (C=O) groups is 2. The van der Waals surface area contributed by atoms with E-state index in [-0.39, 0.29) is 6.54 Å². The first-order valence-electron chi connectivity index (χ1n) is 6.50. The quantitative estimate of drug-likeness (QED) is 0.658. The zero-order chi connectivity index (χ0) is 16.3. The van der Waals surface area contributed by atoms with Crippen molar-refractivity contribution in [1.29, 1.82) is 0 Å². The molecule has 0 radical (unpaired) electrons. The molecule has 8 heteroatoms. The van der Waals surface area contributed by atoms with Gasteiger partial charge in [0, 0.05) is 17.8 Å². The first-order chi connectivity index (χ1) is 10.4. The summed E-state index contributed by atoms with van der Waals surface area (Å²) >= 11 is 1.20. The Balaban J connectivity index is 2.01. The van der Waals surface area contributed by atoms with Crippen molar-refractivity contribution in [2.24, 2.45) is 0 Å². The summed E-state index contributed by atoms with van der Waals surface area (Å²) in [5, 5.41) is 9.55. The lowest BCUT2D eigenvalue weighted by atomic mass is 10.2. The van der Waals surface area contributed by atoms with Crippen LogP contribution in [0.1, 0.15) is 21.0 Å². The van der Waals surface area contributed by atoms with Crippen LogP contribution in [0, 0.1) is 0 Å². The zero-order valence-corrected chi connectivity index (χ0v) is 12.6. The number of carbonyl (C=O) groups excluding carboxylic acids is 2. The van der Waals surface area contributed by atoms with E-state index in [9.17, 15) is 23.5 Å². The molecule has 0 spiro atoms. The Hall–Kier alpha value is -1.64. The van der Waals surface area contributed by atoms with Crippen LogP contribution in [-0.2, 0) is 9.53 Å². The molecule has 1 fully saturated rings. The van der Waals surface area contributed by atoms with Gasteiger partial charge in [0.05, 0.1) is 13.2 Å². The number of hydrogen-bond acceptors (Lipinski definition) is 6. The minimum Gasteiger partial charge on any atom is -0.465 e. The summed E-state index contributed by atoms with van der Waals surface area (Å²) in [6.07, 6.45) is 0.965. The van der Waals surface area contributed by atoms with Crippen molar-refractivity contribution in [3.63, 3.8) is 0 Å². The normalized spacial score (nSPS) is 24.7. The van der Waals surface area contributed by atoms with E-state index in [1.165, 1.54) is 18.4 Å². The predicted molar refractivity (Wildman–Crippen MR) is 76.8 cm³/mol. The van der Waals surface area contributed by atoms with Gasteiger partial charge in [-0.15, -0.1) is 11.3 Å². The number of methoxy groups -OCH3 is 1. The first-order valence-corrected chi connectivity index (χ1v) is 7.32. The number of ether oxygens (including phenoxy) is 1. The molecule has 0 saturated carbocycles. The maximum absolute atomic E-state index is 13.4. The maximum atomic E-state index is 13.4. The molecule has 2 atom stereocenters. The SMILES string of the molecule is COC(=O)c1ccc(/C=C\CN2C(O)C(F)(F)C[C@@H]2C=O)s1. The van der Waals surface area contributed by atoms with Crippen molar-refractivity contribution in [1.82, 2.24) is 4.90 Å². The monoisotopic (exact) mass is 331 g/mol. The van der Waals surface area contributed by atoms with Gasteiger partial charge in [-0.25, -0.2) is 13.6 Å². The summed E-state index contributed by atoms with van der Waals surface area (Å²) in [6, 6.07) is 2.28. The second kappa shape index (κ2) is 6.64. The minimum atomic E-state index is -3.29. The van der Waals surface area contributed by atoms with Crippen LogP contribution in [0.25, 0.3) is 6.08 Å². The van der Waals surface area contributed by atoms with Crippen LogP contribution >= 0.6 is 11.3 Å². The van der Waals surface area contributed by atoms with E-state index in [0.717, 1.165) is 9.78 Å². The first kappa shape index (κ1) is 16.7. The third-order valence-corrected chi connectivity index (χ3v) is 4.40. The van der Waals surface area contributed by atoms with Gasteiger partial charge in [-0.1, -0.05) is 6.08 Å². The van der Waals surface area contributed by atoms with E-state index in [1.54, 1.807) is 24.3 Å². The van der Waals surface area contributed by atoms with E-state index in [1.807, 2.05) is 0 Å². The standard InChI is InChI=1S/C14H15F2NO4S/c1-21-12(19)11-5-4-10(22-11)3-2-6-17-9(8-18)7-14(15,16)13(17)20/h2-5,8-9,13,20H,6-7H2,1H3/b3-2-/t9-,13?/m1/s1. The van der Waals surface area contributed by atoms with Crippen molar-refractivity contribution in [2.75, 3.05) is 13.7 Å². The number of thiophene rings is 1. The van der Waals surface area contributed by atoms with Crippen molar-refractivity contribution < 1.29 is 28.2 Å². The van der Waals surface area contributed by atoms with Crippen molar-refractivity contribution >= 4 is 29.7 Å². The molecule has 0 bridgehead atoms. The van der Waals surface area contributed by atoms with Crippen LogP contribution in [-0.4, -0.2) is 54.1 Å². The molecule has 5 nitrogen and oxygen atoms in total. The van der Waals surface area contributed by atoms with Gasteiger partial charge in [0.25, 0.3) is 5.92 Å². The highest BCUT2D eigenvalue weighted by molar-refractivity contribution is 7.14. The van der Waals surface area contributed by atoms with E-state index >= 15 is 0 Å². The largest absolute Gasteiger partial charge is 0.465 e. The zero-order valence-electron chi connectivity index (χ0n) is 11.7. The summed E-state index contributed by atoms with van der Waals surface area (Å²) in [7, 11) is 1.28. The summed E-state index contributed by atoms with van der Waals surface area (Å²) in [6.45, 7) is 0.00558. The Kier molecular flexibility index (Phi) is 5.05. The van der Waals surface area contributed by atoms with Gasteiger partial charge < -0.3 is 14.6 Å². The average molecular weight is 331 g/mol. The fourth-order valence-electron chi connectivity index (χ4n) is 2.23. The lowest BCUT2D eigenvalue weighted by Crippen LogP contribution is -2.41. The predicted octanol–water partition coefficient (Wildman–Crippen LogP) is 1.77. The molecule has 1 aromatic rings. The van der Waals surface area contributed by atoms with Gasteiger partial charge in [0.2, 0.25) is 0 Å². The summed E-state index contributed by atoms with van der Waals surface area (Å²) in [5.74, 6) is -3.74. The van der Waals surface area contributed by atoms with Gasteiger partial charge in [-0.2, -0.15) is 0 Å². The van der Waals surface area contributed by atoms with E-state index < -0.39 is 30.6 Å². The number of rotatable bonds is 5. The number of aldehydes is 1. The van der Waals surface area contributed by atoms with Crippen LogP contribution in [0.3, 0.4) is 0 Å². The molecule has 2 rings (SSSR count). The molecule has 1 unspecified atom stereocenters. The number of nitrogens with zero attached hydrogens (tertiary/aromatic N) is 1. The molecule has 0 aromatic carbocycles. The Morgan fingerprint density at radius 1 is 1.59 bits per heavy atom. The lowest BCUT2D eigenvalue weighted by molar-refractivity contribution is -0.131. The number of halogens is 2. The molecule has 0 amide bonds. The van der Waals surface area contributed by atoms with Gasteiger partial charge in [0.15, 0.2) is 6.23 Å². The molecular formula is C14H15F2NO4S. The molecule has 1 N–H and O–H groups in total. The molecule has 22 heavy (non-hydrogen) atoms. The molecule has 2 heterocycles. The van der Waals surface area contributed by atoms with Crippen molar-refractivity contribution in [3.05, 3.63) is 28.0 Å². The van der Waals surface area contributed by atoms with Gasteiger partial charge >= 0.3 is 5.97 Å². The van der Waals surface area contributed by atoms with Crippen molar-refractivity contribution in [3.8, 4) is 0 Å². The van der Waals surface area contributed by atoms with Crippen LogP contribution in [0.5, 0.6) is 0 Å². The molecule has 1 saturated heterocycles. The second-order valence-corrected chi connectivity index (χ2v) is 5.95. The third kappa shape index (κ3) is 3.40. The second-order valence-electron chi connectivity index (χ2n) is 4.84. The number of alkyl halides is 2. The summed E-state index contributed by atoms with van der Waals surface area (Å²) < 4.78 is 31.3. The van der Waals surface area contributed by atoms with Crippen LogP contribution < -0.4 is 0 Å². The molecule has 1 aliphatic rings. The lowest BCUT2D eigenvalue weighted by Gasteiger charge is -2.23. The van der Waals surface area contributed by atoms with Gasteiger partial charge in [-0.05, 0) is 18.2 Å². The smallest absolute Gasteiger partial charge is 0.348 e. The Morgan fingerprint density at radius 2 is 2.32 bits per heavy atom. The highest BCUT2D eigenvalue weighted by Crippen LogP contribution is 2.36. The summed E-state index contributed by atoms with van der Waals surface area (Å²) in [4.78, 5) is 24.4. The Labute approximate surface area is 129 Å². The van der Waals surface area contributed by atoms with Crippen LogP contribution in [0.4, 0.5) is 8.78 Å². The average Bonchev–Trinajstić information content (AvgIpc) is 3.04. The Bertz CT molecular complexity index is 587. The number of aliphatic hydroxyl groups excluding tert-OH is 1. The van der Waals surface area contributed by atoms with E-state index in [0.29, 0.717) is 11.2 Å². The topological polar surface area (TPSA) is 66.8 Å². The third-order valence-electron chi connectivity index (χ3n) is 3.37. The summed E-state index contributed by atoms with van der Waals surface area (Å²) in [5.41, 5.74) is 0. The van der Waals surface area contributed by atoms with Gasteiger partial charge in [0.1, 0.15) is 11.2 Å². The number of hydrogen-bond donors (Lipinski definition) is 1. The molecular weight excluding hydrogens is 316 g/mol. The van der Waals surface area contributed by atoms with E-state index in [4.69, 9.17) is 0 Å². The molecule has 1 aromatic heterocycles. The number of esters is 1.